The second-order valence-corrected chi connectivity index (χ2v) is 7.61. The first-order valence-electron chi connectivity index (χ1n) is 6.76. The number of hydrogen-bond donors (Lipinski definition) is 0. The third kappa shape index (κ3) is 4.54. The van der Waals surface area contributed by atoms with E-state index < -0.39 is 0 Å². The summed E-state index contributed by atoms with van der Waals surface area (Å²) in [4.78, 5) is 0. The minimum Gasteiger partial charge on any atom is -0.360 e. The van der Waals surface area contributed by atoms with Gasteiger partial charge in [0.2, 0.25) is 0 Å². The molecule has 0 fully saturated rings. The molecule has 104 valence electrons. The van der Waals surface area contributed by atoms with Crippen molar-refractivity contribution >= 4 is 23.5 Å². The minimum absolute atomic E-state index is 0.497. The second-order valence-electron chi connectivity index (χ2n) is 4.78. The molecule has 0 saturated carbocycles. The van der Waals surface area contributed by atoms with Gasteiger partial charge in [-0.15, -0.1) is 0 Å². The molecule has 4 heteroatoms. The SMILES string of the molecule is CCSCc1onc(C(C)CC)c1CSC(C)C. The smallest absolute Gasteiger partial charge is 0.150 e. The van der Waals surface area contributed by atoms with E-state index in [4.69, 9.17) is 4.52 Å². The molecule has 2 nitrogen and oxygen atoms in total. The van der Waals surface area contributed by atoms with Crippen LogP contribution in [0.3, 0.4) is 0 Å². The molecule has 0 aliphatic heterocycles. The first-order valence-corrected chi connectivity index (χ1v) is 8.97. The quantitative estimate of drug-likeness (QED) is 0.665. The lowest BCUT2D eigenvalue weighted by molar-refractivity contribution is 0.383. The maximum Gasteiger partial charge on any atom is 0.150 e. The second kappa shape index (κ2) is 8.16. The monoisotopic (exact) mass is 287 g/mol. The van der Waals surface area contributed by atoms with E-state index in [9.17, 15) is 0 Å². The molecule has 0 aromatic carbocycles. The van der Waals surface area contributed by atoms with Crippen molar-refractivity contribution in [1.29, 1.82) is 0 Å². The van der Waals surface area contributed by atoms with Crippen LogP contribution >= 0.6 is 23.5 Å². The molecule has 1 unspecified atom stereocenters. The van der Waals surface area contributed by atoms with Crippen LogP contribution < -0.4 is 0 Å². The number of thioether (sulfide) groups is 2. The van der Waals surface area contributed by atoms with Gasteiger partial charge in [0.25, 0.3) is 0 Å². The van der Waals surface area contributed by atoms with Gasteiger partial charge in [0.1, 0.15) is 0 Å². The number of hydrogen-bond acceptors (Lipinski definition) is 4. The normalized spacial score (nSPS) is 13.2. The Morgan fingerprint density at radius 1 is 1.17 bits per heavy atom. The van der Waals surface area contributed by atoms with Crippen molar-refractivity contribution in [2.75, 3.05) is 5.75 Å². The summed E-state index contributed by atoms with van der Waals surface area (Å²) in [6, 6.07) is 0. The Balaban J connectivity index is 2.85. The number of rotatable bonds is 8. The summed E-state index contributed by atoms with van der Waals surface area (Å²) in [5.41, 5.74) is 2.53. The molecule has 1 rings (SSSR count). The molecule has 0 aliphatic rings. The molecular weight excluding hydrogens is 262 g/mol. The van der Waals surface area contributed by atoms with E-state index in [1.165, 1.54) is 11.3 Å². The van der Waals surface area contributed by atoms with Crippen LogP contribution in [-0.4, -0.2) is 16.2 Å². The lowest BCUT2D eigenvalue weighted by atomic mass is 10.0. The Morgan fingerprint density at radius 3 is 2.44 bits per heavy atom. The Hall–Kier alpha value is -0.0900. The fourth-order valence-corrected chi connectivity index (χ4v) is 3.08. The predicted molar refractivity (Wildman–Crippen MR) is 83.5 cm³/mol. The summed E-state index contributed by atoms with van der Waals surface area (Å²) in [7, 11) is 0. The van der Waals surface area contributed by atoms with Crippen molar-refractivity contribution in [3.8, 4) is 0 Å². The zero-order chi connectivity index (χ0) is 13.5. The molecule has 0 bridgehead atoms. The zero-order valence-corrected chi connectivity index (χ0v) is 13.8. The van der Waals surface area contributed by atoms with E-state index in [0.717, 1.165) is 29.4 Å². The standard InChI is InChI=1S/C14H25NOS2/c1-6-11(5)14-12(8-18-10(3)4)13(16-15-14)9-17-7-2/h10-11H,6-9H2,1-5H3. The summed E-state index contributed by atoms with van der Waals surface area (Å²) in [5, 5.41) is 4.97. The van der Waals surface area contributed by atoms with Gasteiger partial charge in [0.05, 0.1) is 11.4 Å². The molecule has 0 N–H and O–H groups in total. The van der Waals surface area contributed by atoms with Crippen molar-refractivity contribution in [2.45, 2.75) is 63.7 Å². The van der Waals surface area contributed by atoms with Crippen LogP contribution in [-0.2, 0) is 11.5 Å². The van der Waals surface area contributed by atoms with E-state index in [-0.39, 0.29) is 0 Å². The van der Waals surface area contributed by atoms with Crippen molar-refractivity contribution in [2.24, 2.45) is 0 Å². The lowest BCUT2D eigenvalue weighted by Crippen LogP contribution is -1.99. The van der Waals surface area contributed by atoms with E-state index in [2.05, 4.69) is 39.8 Å². The largest absolute Gasteiger partial charge is 0.360 e. The van der Waals surface area contributed by atoms with Crippen LogP contribution in [0.25, 0.3) is 0 Å². The summed E-state index contributed by atoms with van der Waals surface area (Å²) < 4.78 is 5.57. The Morgan fingerprint density at radius 2 is 1.89 bits per heavy atom. The van der Waals surface area contributed by atoms with Gasteiger partial charge in [0.15, 0.2) is 5.76 Å². The molecule has 0 aliphatic carbocycles. The fraction of sp³-hybridized carbons (Fsp3) is 0.786. The van der Waals surface area contributed by atoms with Crippen LogP contribution in [0, 0.1) is 0 Å². The summed E-state index contributed by atoms with van der Waals surface area (Å²) in [6.45, 7) is 11.1. The van der Waals surface area contributed by atoms with Gasteiger partial charge in [-0.3, -0.25) is 0 Å². The van der Waals surface area contributed by atoms with E-state index in [0.29, 0.717) is 11.2 Å². The molecule has 1 aromatic rings. The van der Waals surface area contributed by atoms with Crippen molar-refractivity contribution in [3.63, 3.8) is 0 Å². The highest BCUT2D eigenvalue weighted by Gasteiger charge is 2.19. The summed E-state index contributed by atoms with van der Waals surface area (Å²) in [6.07, 6.45) is 1.12. The predicted octanol–water partition coefficient (Wildman–Crippen LogP) is 5.08. The average molecular weight is 287 g/mol. The van der Waals surface area contributed by atoms with Crippen molar-refractivity contribution < 1.29 is 4.52 Å². The molecular formula is C14H25NOS2. The van der Waals surface area contributed by atoms with Crippen LogP contribution in [0.5, 0.6) is 0 Å². The highest BCUT2D eigenvalue weighted by Crippen LogP contribution is 2.31. The number of nitrogens with zero attached hydrogens (tertiary/aromatic N) is 1. The van der Waals surface area contributed by atoms with Crippen LogP contribution in [0.15, 0.2) is 4.52 Å². The lowest BCUT2D eigenvalue weighted by Gasteiger charge is -2.09. The molecule has 1 aromatic heterocycles. The van der Waals surface area contributed by atoms with Gasteiger partial charge in [-0.25, -0.2) is 0 Å². The van der Waals surface area contributed by atoms with Crippen LogP contribution in [0.2, 0.25) is 0 Å². The van der Waals surface area contributed by atoms with Gasteiger partial charge >= 0.3 is 0 Å². The van der Waals surface area contributed by atoms with E-state index in [1.54, 1.807) is 0 Å². The molecule has 1 atom stereocenters. The fourth-order valence-electron chi connectivity index (χ4n) is 1.65. The van der Waals surface area contributed by atoms with Crippen LogP contribution in [0.4, 0.5) is 0 Å². The minimum atomic E-state index is 0.497. The Kier molecular flexibility index (Phi) is 7.23. The molecule has 0 radical (unpaired) electrons. The topological polar surface area (TPSA) is 26.0 Å². The van der Waals surface area contributed by atoms with Gasteiger partial charge in [-0.2, -0.15) is 23.5 Å². The first kappa shape index (κ1) is 16.0. The summed E-state index contributed by atoms with van der Waals surface area (Å²) in [5.74, 6) is 4.69. The van der Waals surface area contributed by atoms with Crippen LogP contribution in [0.1, 0.15) is 64.0 Å². The maximum absolute atomic E-state index is 5.57. The molecule has 0 saturated heterocycles. The Labute approximate surface area is 120 Å². The third-order valence-corrected chi connectivity index (χ3v) is 4.97. The Bertz CT molecular complexity index is 350. The van der Waals surface area contributed by atoms with Crippen molar-refractivity contribution in [3.05, 3.63) is 17.0 Å². The molecule has 1 heterocycles. The highest BCUT2D eigenvalue weighted by molar-refractivity contribution is 7.99. The summed E-state index contributed by atoms with van der Waals surface area (Å²) >= 11 is 3.87. The van der Waals surface area contributed by atoms with Gasteiger partial charge in [-0.1, -0.05) is 39.8 Å². The maximum atomic E-state index is 5.57. The van der Waals surface area contributed by atoms with Gasteiger partial charge in [-0.05, 0) is 17.4 Å². The van der Waals surface area contributed by atoms with Gasteiger partial charge < -0.3 is 4.52 Å². The zero-order valence-electron chi connectivity index (χ0n) is 12.2. The third-order valence-electron chi connectivity index (χ3n) is 2.98. The number of aromatic nitrogens is 1. The molecule has 0 amide bonds. The first-order chi connectivity index (χ1) is 8.60. The highest BCUT2D eigenvalue weighted by atomic mass is 32.2. The van der Waals surface area contributed by atoms with Gasteiger partial charge in [0, 0.05) is 17.2 Å². The molecule has 18 heavy (non-hydrogen) atoms. The van der Waals surface area contributed by atoms with Crippen molar-refractivity contribution in [1.82, 2.24) is 5.16 Å². The van der Waals surface area contributed by atoms with E-state index >= 15 is 0 Å². The van der Waals surface area contributed by atoms with E-state index in [1.807, 2.05) is 23.5 Å². The average Bonchev–Trinajstić information content (AvgIpc) is 2.75. The molecule has 0 spiro atoms.